The first-order chi connectivity index (χ1) is 8.83. The lowest BCUT2D eigenvalue weighted by Gasteiger charge is -2.29. The van der Waals surface area contributed by atoms with Crippen LogP contribution in [0.3, 0.4) is 0 Å². The van der Waals surface area contributed by atoms with Gasteiger partial charge in [-0.3, -0.25) is 0 Å². The Morgan fingerprint density at radius 1 is 1.00 bits per heavy atom. The van der Waals surface area contributed by atoms with Gasteiger partial charge in [-0.1, -0.05) is 45.4 Å². The normalized spacial score (nSPS) is 18.5. The summed E-state index contributed by atoms with van der Waals surface area (Å²) < 4.78 is 27.2. The van der Waals surface area contributed by atoms with Gasteiger partial charge in [0, 0.05) is 13.1 Å². The van der Waals surface area contributed by atoms with Gasteiger partial charge in [-0.15, -0.1) is 0 Å². The van der Waals surface area contributed by atoms with Gasteiger partial charge < -0.3 is 0 Å². The molecule has 106 valence electrons. The first kappa shape index (κ1) is 14.5. The summed E-state index contributed by atoms with van der Waals surface area (Å²) in [5.74, 6) is 0. The summed E-state index contributed by atoms with van der Waals surface area (Å²) in [6.07, 6.45) is 3.07. The van der Waals surface area contributed by atoms with E-state index in [1.807, 2.05) is 18.2 Å². The summed E-state index contributed by atoms with van der Waals surface area (Å²) in [5.41, 5.74) is 0.736. The zero-order valence-corrected chi connectivity index (χ0v) is 12.8. The first-order valence-corrected chi connectivity index (χ1v) is 8.37. The monoisotopic (exact) mass is 281 g/mol. The molecule has 0 saturated carbocycles. The van der Waals surface area contributed by atoms with Gasteiger partial charge in [0.05, 0.1) is 4.90 Å². The maximum atomic E-state index is 12.8. The van der Waals surface area contributed by atoms with Crippen LogP contribution < -0.4 is 0 Å². The molecule has 0 radical (unpaired) electrons. The molecule has 0 aromatic heterocycles. The van der Waals surface area contributed by atoms with Crippen molar-refractivity contribution in [1.82, 2.24) is 4.31 Å². The summed E-state index contributed by atoms with van der Waals surface area (Å²) in [5, 5.41) is 0. The molecule has 1 aliphatic rings. The summed E-state index contributed by atoms with van der Waals surface area (Å²) >= 11 is 0. The zero-order valence-electron chi connectivity index (χ0n) is 12.0. The number of benzene rings is 1. The smallest absolute Gasteiger partial charge is 0.207 e. The van der Waals surface area contributed by atoms with Crippen molar-refractivity contribution in [3.63, 3.8) is 0 Å². The predicted molar refractivity (Wildman–Crippen MR) is 77.8 cm³/mol. The fraction of sp³-hybridized carbons (Fsp3) is 0.600. The standard InChI is InChI=1S/C15H23NO2S/c1-15(2,3)13-9-5-6-10-14(13)19(17,18)16-11-7-4-8-12-16/h5-6,9-10H,4,7-8,11-12H2,1-3H3. The largest absolute Gasteiger partial charge is 0.243 e. The zero-order chi connectivity index (χ0) is 14.1. The lowest BCUT2D eigenvalue weighted by molar-refractivity contribution is 0.345. The van der Waals surface area contributed by atoms with E-state index in [2.05, 4.69) is 20.8 Å². The maximum absolute atomic E-state index is 12.8. The Balaban J connectivity index is 2.46. The molecule has 0 atom stereocenters. The van der Waals surface area contributed by atoms with Crippen LogP contribution in [0.5, 0.6) is 0 Å². The van der Waals surface area contributed by atoms with Crippen molar-refractivity contribution in [2.75, 3.05) is 13.1 Å². The third-order valence-corrected chi connectivity index (χ3v) is 5.58. The molecule has 2 rings (SSSR count). The van der Waals surface area contributed by atoms with E-state index in [0.717, 1.165) is 24.8 Å². The second-order valence-electron chi connectivity index (χ2n) is 6.21. The van der Waals surface area contributed by atoms with Crippen LogP contribution in [-0.2, 0) is 15.4 Å². The van der Waals surface area contributed by atoms with E-state index < -0.39 is 10.0 Å². The lowest BCUT2D eigenvalue weighted by Crippen LogP contribution is -2.36. The molecule has 0 amide bonds. The Kier molecular flexibility index (Phi) is 4.02. The minimum atomic E-state index is -3.34. The molecule has 1 fully saturated rings. The molecule has 0 aliphatic carbocycles. The summed E-state index contributed by atoms with van der Waals surface area (Å²) in [7, 11) is -3.34. The minimum Gasteiger partial charge on any atom is -0.207 e. The highest BCUT2D eigenvalue weighted by Crippen LogP contribution is 2.31. The van der Waals surface area contributed by atoms with Crippen molar-refractivity contribution in [3.05, 3.63) is 29.8 Å². The summed E-state index contributed by atoms with van der Waals surface area (Å²) in [6.45, 7) is 7.47. The molecule has 0 spiro atoms. The van der Waals surface area contributed by atoms with Crippen LogP contribution in [0.2, 0.25) is 0 Å². The van der Waals surface area contributed by atoms with Crippen LogP contribution in [-0.4, -0.2) is 25.8 Å². The van der Waals surface area contributed by atoms with Crippen LogP contribution in [0.1, 0.15) is 45.6 Å². The summed E-state index contributed by atoms with van der Waals surface area (Å²) in [6, 6.07) is 7.39. The quantitative estimate of drug-likeness (QED) is 0.835. The Hall–Kier alpha value is -0.870. The number of rotatable bonds is 2. The fourth-order valence-corrected chi connectivity index (χ4v) is 4.48. The van der Waals surface area contributed by atoms with Crippen LogP contribution in [0.15, 0.2) is 29.2 Å². The van der Waals surface area contributed by atoms with Crippen LogP contribution in [0.25, 0.3) is 0 Å². The van der Waals surface area contributed by atoms with Crippen molar-refractivity contribution in [1.29, 1.82) is 0 Å². The average molecular weight is 281 g/mol. The van der Waals surface area contributed by atoms with Crippen LogP contribution in [0.4, 0.5) is 0 Å². The van der Waals surface area contributed by atoms with Gasteiger partial charge in [0.15, 0.2) is 0 Å². The van der Waals surface area contributed by atoms with E-state index in [1.165, 1.54) is 0 Å². The SMILES string of the molecule is CC(C)(C)c1ccccc1S(=O)(=O)N1CCCCC1. The molecular formula is C15H23NO2S. The minimum absolute atomic E-state index is 0.167. The van der Waals surface area contributed by atoms with E-state index in [4.69, 9.17) is 0 Å². The van der Waals surface area contributed by atoms with Gasteiger partial charge in [0.25, 0.3) is 0 Å². The Morgan fingerprint density at radius 2 is 1.58 bits per heavy atom. The van der Waals surface area contributed by atoms with E-state index in [9.17, 15) is 8.42 Å². The van der Waals surface area contributed by atoms with Crippen molar-refractivity contribution in [2.24, 2.45) is 0 Å². The second-order valence-corrected chi connectivity index (χ2v) is 8.12. The number of nitrogens with zero attached hydrogens (tertiary/aromatic N) is 1. The highest BCUT2D eigenvalue weighted by Gasteiger charge is 2.30. The molecule has 4 heteroatoms. The first-order valence-electron chi connectivity index (χ1n) is 6.93. The molecule has 0 N–H and O–H groups in total. The number of hydrogen-bond acceptors (Lipinski definition) is 2. The van der Waals surface area contributed by atoms with Gasteiger partial charge in [0.2, 0.25) is 10.0 Å². The van der Waals surface area contributed by atoms with E-state index in [0.29, 0.717) is 18.0 Å². The molecular weight excluding hydrogens is 258 g/mol. The van der Waals surface area contributed by atoms with Gasteiger partial charge in [-0.25, -0.2) is 8.42 Å². The van der Waals surface area contributed by atoms with E-state index in [-0.39, 0.29) is 5.41 Å². The Bertz CT molecular complexity index is 538. The molecule has 1 aliphatic heterocycles. The van der Waals surface area contributed by atoms with Crippen LogP contribution in [0, 0.1) is 0 Å². The topological polar surface area (TPSA) is 37.4 Å². The van der Waals surface area contributed by atoms with E-state index >= 15 is 0 Å². The third kappa shape index (κ3) is 3.00. The van der Waals surface area contributed by atoms with Gasteiger partial charge >= 0.3 is 0 Å². The highest BCUT2D eigenvalue weighted by atomic mass is 32.2. The predicted octanol–water partition coefficient (Wildman–Crippen LogP) is 3.16. The molecule has 0 unspecified atom stereocenters. The van der Waals surface area contributed by atoms with Crippen molar-refractivity contribution in [2.45, 2.75) is 50.3 Å². The molecule has 0 bridgehead atoms. The lowest BCUT2D eigenvalue weighted by atomic mass is 9.87. The fourth-order valence-electron chi connectivity index (χ4n) is 2.56. The third-order valence-electron chi connectivity index (χ3n) is 3.63. The number of sulfonamides is 1. The van der Waals surface area contributed by atoms with Gasteiger partial charge in [-0.2, -0.15) is 4.31 Å². The number of hydrogen-bond donors (Lipinski definition) is 0. The molecule has 1 saturated heterocycles. The summed E-state index contributed by atoms with van der Waals surface area (Å²) in [4.78, 5) is 0.476. The van der Waals surface area contributed by atoms with Crippen molar-refractivity contribution in [3.8, 4) is 0 Å². The van der Waals surface area contributed by atoms with Crippen molar-refractivity contribution < 1.29 is 8.42 Å². The highest BCUT2D eigenvalue weighted by molar-refractivity contribution is 7.89. The van der Waals surface area contributed by atoms with Gasteiger partial charge in [0.1, 0.15) is 0 Å². The average Bonchev–Trinajstić information content (AvgIpc) is 2.39. The number of piperidine rings is 1. The molecule has 1 aromatic rings. The van der Waals surface area contributed by atoms with Crippen LogP contribution >= 0.6 is 0 Å². The van der Waals surface area contributed by atoms with Gasteiger partial charge in [-0.05, 0) is 29.9 Å². The molecule has 19 heavy (non-hydrogen) atoms. The molecule has 3 nitrogen and oxygen atoms in total. The Labute approximate surface area is 116 Å². The van der Waals surface area contributed by atoms with Crippen molar-refractivity contribution >= 4 is 10.0 Å². The second kappa shape index (κ2) is 5.25. The molecule has 1 aromatic carbocycles. The maximum Gasteiger partial charge on any atom is 0.243 e. The Morgan fingerprint density at radius 3 is 2.16 bits per heavy atom. The molecule has 1 heterocycles. The van der Waals surface area contributed by atoms with E-state index in [1.54, 1.807) is 10.4 Å².